The van der Waals surface area contributed by atoms with Gasteiger partial charge in [-0.3, -0.25) is 9.59 Å². The number of fused-ring (bicyclic) bond motifs is 1. The van der Waals surface area contributed by atoms with E-state index in [0.717, 1.165) is 0 Å². The van der Waals surface area contributed by atoms with Crippen molar-refractivity contribution < 1.29 is 19.5 Å². The SMILES string of the molecule is CC(N)C(=O)NC(C(=O)N1C[C@H]2C(C)(C)[C@]2(C)[C@H]1C(=O)O)C(C)(C)C. The van der Waals surface area contributed by atoms with Crippen molar-refractivity contribution in [2.75, 3.05) is 6.54 Å². The van der Waals surface area contributed by atoms with Crippen molar-refractivity contribution >= 4 is 17.8 Å². The van der Waals surface area contributed by atoms with Crippen LogP contribution in [0, 0.1) is 22.2 Å². The fourth-order valence-electron chi connectivity index (χ4n) is 4.42. The van der Waals surface area contributed by atoms with E-state index >= 15 is 0 Å². The van der Waals surface area contributed by atoms with Crippen LogP contribution in [0.3, 0.4) is 0 Å². The third-order valence-electron chi connectivity index (χ3n) is 6.49. The Morgan fingerprint density at radius 3 is 2.16 bits per heavy atom. The molecule has 0 spiro atoms. The zero-order valence-corrected chi connectivity index (χ0v) is 16.2. The van der Waals surface area contributed by atoms with Crippen LogP contribution in [-0.4, -0.2) is 52.5 Å². The minimum absolute atomic E-state index is 0.112. The third-order valence-corrected chi connectivity index (χ3v) is 6.49. The zero-order chi connectivity index (χ0) is 19.5. The Labute approximate surface area is 149 Å². The molecular weight excluding hydrogens is 322 g/mol. The standard InChI is InChI=1S/C18H31N3O4/c1-9(19)13(22)20-11(16(2,3)4)14(23)21-8-10-17(5,6)18(10,7)12(21)15(24)25/h9-12H,8,19H2,1-7H3,(H,20,22)(H,24,25)/t9?,10-,11?,12+,18-/m0/s1. The summed E-state index contributed by atoms with van der Waals surface area (Å²) in [5.41, 5.74) is 4.50. The lowest BCUT2D eigenvalue weighted by Crippen LogP contribution is -2.60. The normalized spacial score (nSPS) is 32.6. The Kier molecular flexibility index (Phi) is 4.48. The van der Waals surface area contributed by atoms with E-state index < -0.39 is 40.8 Å². The summed E-state index contributed by atoms with van der Waals surface area (Å²) in [5, 5.41) is 12.5. The molecule has 7 heteroatoms. The van der Waals surface area contributed by atoms with Crippen molar-refractivity contribution in [1.29, 1.82) is 0 Å². The van der Waals surface area contributed by atoms with Crippen LogP contribution in [0.4, 0.5) is 0 Å². The maximum atomic E-state index is 13.2. The van der Waals surface area contributed by atoms with Gasteiger partial charge in [0.25, 0.3) is 0 Å². The number of carbonyl (C=O) groups excluding carboxylic acids is 2. The van der Waals surface area contributed by atoms with Crippen LogP contribution in [0.1, 0.15) is 48.5 Å². The van der Waals surface area contributed by atoms with Gasteiger partial charge in [-0.15, -0.1) is 0 Å². The summed E-state index contributed by atoms with van der Waals surface area (Å²) >= 11 is 0. The predicted molar refractivity (Wildman–Crippen MR) is 93.5 cm³/mol. The van der Waals surface area contributed by atoms with Crippen molar-refractivity contribution in [1.82, 2.24) is 10.2 Å². The van der Waals surface area contributed by atoms with Gasteiger partial charge in [0, 0.05) is 12.0 Å². The van der Waals surface area contributed by atoms with Crippen LogP contribution in [0.15, 0.2) is 0 Å². The molecule has 142 valence electrons. The van der Waals surface area contributed by atoms with E-state index in [0.29, 0.717) is 6.54 Å². The van der Waals surface area contributed by atoms with E-state index in [-0.39, 0.29) is 17.2 Å². The summed E-state index contributed by atoms with van der Waals surface area (Å²) in [6.45, 7) is 13.5. The van der Waals surface area contributed by atoms with Crippen molar-refractivity contribution in [3.63, 3.8) is 0 Å². The molecule has 0 radical (unpaired) electrons. The van der Waals surface area contributed by atoms with E-state index in [1.54, 1.807) is 6.92 Å². The number of carbonyl (C=O) groups is 3. The molecule has 1 saturated carbocycles. The molecule has 4 N–H and O–H groups in total. The second-order valence-electron chi connectivity index (χ2n) is 9.38. The number of nitrogens with two attached hydrogens (primary N) is 1. The lowest BCUT2D eigenvalue weighted by molar-refractivity contribution is -0.154. The number of carboxylic acids is 1. The first-order valence-electron chi connectivity index (χ1n) is 8.76. The number of hydrogen-bond acceptors (Lipinski definition) is 4. The van der Waals surface area contributed by atoms with E-state index in [2.05, 4.69) is 19.2 Å². The van der Waals surface area contributed by atoms with Gasteiger partial charge in [-0.2, -0.15) is 0 Å². The molecule has 2 amide bonds. The van der Waals surface area contributed by atoms with E-state index in [1.165, 1.54) is 4.90 Å². The number of hydrogen-bond donors (Lipinski definition) is 3. The Morgan fingerprint density at radius 2 is 1.76 bits per heavy atom. The van der Waals surface area contributed by atoms with Gasteiger partial charge in [0.1, 0.15) is 12.1 Å². The molecule has 25 heavy (non-hydrogen) atoms. The van der Waals surface area contributed by atoms with E-state index in [9.17, 15) is 19.5 Å². The molecule has 1 saturated heterocycles. The highest BCUT2D eigenvalue weighted by molar-refractivity contribution is 5.93. The number of rotatable bonds is 4. The number of amides is 2. The highest BCUT2D eigenvalue weighted by atomic mass is 16.4. The van der Waals surface area contributed by atoms with Gasteiger partial charge in [-0.05, 0) is 23.7 Å². The quantitative estimate of drug-likeness (QED) is 0.693. The van der Waals surface area contributed by atoms with Gasteiger partial charge in [0.2, 0.25) is 11.8 Å². The molecule has 2 aliphatic rings. The lowest BCUT2D eigenvalue weighted by Gasteiger charge is -2.38. The smallest absolute Gasteiger partial charge is 0.327 e. The first-order valence-corrected chi connectivity index (χ1v) is 8.76. The van der Waals surface area contributed by atoms with Gasteiger partial charge in [0.15, 0.2) is 0 Å². The van der Waals surface area contributed by atoms with Crippen LogP contribution in [0.5, 0.6) is 0 Å². The van der Waals surface area contributed by atoms with Gasteiger partial charge in [-0.25, -0.2) is 4.79 Å². The summed E-state index contributed by atoms with van der Waals surface area (Å²) in [6.07, 6.45) is 0. The second-order valence-corrected chi connectivity index (χ2v) is 9.38. The minimum atomic E-state index is -0.991. The van der Waals surface area contributed by atoms with Crippen LogP contribution >= 0.6 is 0 Å². The molecule has 1 heterocycles. The Hall–Kier alpha value is -1.63. The molecule has 7 nitrogen and oxygen atoms in total. The van der Waals surface area contributed by atoms with E-state index in [4.69, 9.17) is 5.73 Å². The van der Waals surface area contributed by atoms with Crippen molar-refractivity contribution in [2.45, 2.75) is 66.6 Å². The van der Waals surface area contributed by atoms with Crippen molar-refractivity contribution in [3.05, 3.63) is 0 Å². The molecule has 0 aromatic rings. The molecule has 0 aromatic heterocycles. The lowest BCUT2D eigenvalue weighted by atomic mass is 9.84. The van der Waals surface area contributed by atoms with E-state index in [1.807, 2.05) is 27.7 Å². The first-order chi connectivity index (χ1) is 11.2. The zero-order valence-electron chi connectivity index (χ0n) is 16.2. The molecule has 0 aromatic carbocycles. The summed E-state index contributed by atoms with van der Waals surface area (Å²) in [5.74, 6) is -1.61. The number of nitrogens with one attached hydrogen (secondary N) is 1. The average molecular weight is 353 g/mol. The Balaban J connectivity index is 2.31. The Morgan fingerprint density at radius 1 is 1.24 bits per heavy atom. The highest BCUT2D eigenvalue weighted by Gasteiger charge is 2.78. The first kappa shape index (κ1) is 19.7. The number of likely N-dealkylation sites (tertiary alicyclic amines) is 1. The van der Waals surface area contributed by atoms with Crippen molar-refractivity contribution in [2.24, 2.45) is 27.9 Å². The number of carboxylic acid groups (broad SMARTS) is 1. The minimum Gasteiger partial charge on any atom is -0.480 e. The number of aliphatic carboxylic acids is 1. The van der Waals surface area contributed by atoms with Crippen LogP contribution in [0.2, 0.25) is 0 Å². The maximum absolute atomic E-state index is 13.2. The topological polar surface area (TPSA) is 113 Å². The van der Waals surface area contributed by atoms with Gasteiger partial charge in [0.05, 0.1) is 6.04 Å². The van der Waals surface area contributed by atoms with Crippen LogP contribution < -0.4 is 11.1 Å². The summed E-state index contributed by atoms with van der Waals surface area (Å²) in [4.78, 5) is 38.6. The van der Waals surface area contributed by atoms with Gasteiger partial charge in [-0.1, -0.05) is 41.5 Å². The summed E-state index contributed by atoms with van der Waals surface area (Å²) < 4.78 is 0. The second kappa shape index (κ2) is 5.69. The molecule has 1 aliphatic heterocycles. The van der Waals surface area contributed by atoms with Gasteiger partial charge < -0.3 is 21.1 Å². The predicted octanol–water partition coefficient (Wildman–Crippen LogP) is 0.822. The average Bonchev–Trinajstić information content (AvgIpc) is 2.76. The molecule has 1 aliphatic carbocycles. The van der Waals surface area contributed by atoms with Gasteiger partial charge >= 0.3 is 5.97 Å². The monoisotopic (exact) mass is 353 g/mol. The highest BCUT2D eigenvalue weighted by Crippen LogP contribution is 2.74. The van der Waals surface area contributed by atoms with Crippen molar-refractivity contribution in [3.8, 4) is 0 Å². The number of piperidine rings is 1. The fourth-order valence-corrected chi connectivity index (χ4v) is 4.42. The van der Waals surface area contributed by atoms with Crippen LogP contribution in [0.25, 0.3) is 0 Å². The molecule has 0 bridgehead atoms. The molecule has 2 rings (SSSR count). The molecule has 5 atom stereocenters. The summed E-state index contributed by atoms with van der Waals surface area (Å²) in [7, 11) is 0. The largest absolute Gasteiger partial charge is 0.480 e. The molecule has 2 unspecified atom stereocenters. The third kappa shape index (κ3) is 2.82. The Bertz CT molecular complexity index is 608. The fraction of sp³-hybridized carbons (Fsp3) is 0.833. The maximum Gasteiger partial charge on any atom is 0.327 e. The molecular formula is C18H31N3O4. The van der Waals surface area contributed by atoms with Crippen LogP contribution in [-0.2, 0) is 14.4 Å². The number of nitrogens with zero attached hydrogens (tertiary/aromatic N) is 1. The summed E-state index contributed by atoms with van der Waals surface area (Å²) in [6, 6.07) is -2.44. The molecule has 2 fully saturated rings.